The quantitative estimate of drug-likeness (QED) is 0.500. The lowest BCUT2D eigenvalue weighted by Crippen LogP contribution is -2.65. The highest BCUT2D eigenvalue weighted by Gasteiger charge is 2.44. The average Bonchev–Trinajstić information content (AvgIpc) is 2.85. The predicted molar refractivity (Wildman–Crippen MR) is 124 cm³/mol. The van der Waals surface area contributed by atoms with Gasteiger partial charge in [-0.3, -0.25) is 14.8 Å². The molecular weight excluding hydrogens is 398 g/mol. The summed E-state index contributed by atoms with van der Waals surface area (Å²) >= 11 is 0. The number of rotatable bonds is 3. The Hall–Kier alpha value is -3.80. The highest BCUT2D eigenvalue weighted by atomic mass is 16.2. The monoisotopic (exact) mass is 421 g/mol. The van der Waals surface area contributed by atoms with Crippen LogP contribution in [0.5, 0.6) is 0 Å². The molecule has 1 amide bonds. The van der Waals surface area contributed by atoms with E-state index < -0.39 is 0 Å². The molecule has 0 saturated carbocycles. The average molecular weight is 422 g/mol. The summed E-state index contributed by atoms with van der Waals surface area (Å²) in [7, 11) is 0. The molecule has 2 saturated heterocycles. The first-order chi connectivity index (χ1) is 15.8. The summed E-state index contributed by atoms with van der Waals surface area (Å²) in [4.78, 5) is 31.5. The van der Waals surface area contributed by atoms with Gasteiger partial charge in [-0.25, -0.2) is 4.98 Å². The molecule has 2 atom stereocenters. The summed E-state index contributed by atoms with van der Waals surface area (Å²) in [6.45, 7) is 2.48. The number of aromatic nitrogens is 3. The minimum Gasteiger partial charge on any atom is -0.350 e. The zero-order chi connectivity index (χ0) is 21.5. The van der Waals surface area contributed by atoms with Crippen molar-refractivity contribution in [2.75, 3.05) is 24.5 Å². The standard InChI is InChI=1S/C26H23N5O/c32-26(21-8-2-1-7-20(21)18-6-5-12-27-14-18)30-13-11-19-16-31(24(19)17-30)25-15-28-22-9-3-4-10-23(22)29-25/h1-10,12,14-15,19,24H,11,13,16-17H2/t19-,24-/m0/s1. The van der Waals surface area contributed by atoms with Gasteiger partial charge in [0.1, 0.15) is 5.82 Å². The fraction of sp³-hybridized carbons (Fsp3) is 0.231. The van der Waals surface area contributed by atoms with Crippen LogP contribution >= 0.6 is 0 Å². The zero-order valence-electron chi connectivity index (χ0n) is 17.6. The predicted octanol–water partition coefficient (Wildman–Crippen LogP) is 4.04. The van der Waals surface area contributed by atoms with Crippen LogP contribution < -0.4 is 4.90 Å². The minimum absolute atomic E-state index is 0.0827. The van der Waals surface area contributed by atoms with E-state index in [4.69, 9.17) is 4.98 Å². The van der Waals surface area contributed by atoms with Crippen LogP contribution in [-0.2, 0) is 0 Å². The maximum Gasteiger partial charge on any atom is 0.254 e. The first kappa shape index (κ1) is 18.9. The van der Waals surface area contributed by atoms with E-state index in [0.29, 0.717) is 12.5 Å². The molecule has 2 aliphatic heterocycles. The number of fused-ring (bicyclic) bond motifs is 2. The molecule has 0 bridgehead atoms. The molecule has 0 unspecified atom stereocenters. The zero-order valence-corrected chi connectivity index (χ0v) is 17.6. The van der Waals surface area contributed by atoms with Crippen LogP contribution in [-0.4, -0.2) is 51.4 Å². The Morgan fingerprint density at radius 1 is 0.906 bits per heavy atom. The number of amides is 1. The SMILES string of the molecule is O=C(c1ccccc1-c1cccnc1)N1CC[C@H]2CN(c3cnc4ccccc4n3)[C@H]2C1. The smallest absolute Gasteiger partial charge is 0.254 e. The van der Waals surface area contributed by atoms with E-state index in [9.17, 15) is 4.79 Å². The molecule has 32 heavy (non-hydrogen) atoms. The third-order valence-corrected chi connectivity index (χ3v) is 6.70. The Morgan fingerprint density at radius 2 is 1.75 bits per heavy atom. The van der Waals surface area contributed by atoms with E-state index in [1.807, 2.05) is 78.0 Å². The molecule has 0 radical (unpaired) electrons. The second kappa shape index (κ2) is 7.71. The van der Waals surface area contributed by atoms with Crippen LogP contribution in [0, 0.1) is 5.92 Å². The van der Waals surface area contributed by atoms with Gasteiger partial charge in [0.25, 0.3) is 5.91 Å². The van der Waals surface area contributed by atoms with Crippen molar-refractivity contribution in [3.63, 3.8) is 0 Å². The summed E-state index contributed by atoms with van der Waals surface area (Å²) in [5, 5.41) is 0. The number of carbonyl (C=O) groups excluding carboxylic acids is 1. The Balaban J connectivity index is 1.25. The molecule has 4 aromatic rings. The number of nitrogens with zero attached hydrogens (tertiary/aromatic N) is 5. The molecule has 4 heterocycles. The van der Waals surface area contributed by atoms with E-state index in [2.05, 4.69) is 14.9 Å². The van der Waals surface area contributed by atoms with E-state index in [-0.39, 0.29) is 11.9 Å². The molecule has 2 aromatic heterocycles. The summed E-state index contributed by atoms with van der Waals surface area (Å²) in [6.07, 6.45) is 6.43. The van der Waals surface area contributed by atoms with Crippen molar-refractivity contribution in [2.24, 2.45) is 5.92 Å². The van der Waals surface area contributed by atoms with Crippen LogP contribution in [0.1, 0.15) is 16.8 Å². The van der Waals surface area contributed by atoms with Gasteiger partial charge in [-0.15, -0.1) is 0 Å². The van der Waals surface area contributed by atoms with Gasteiger partial charge in [0.15, 0.2) is 0 Å². The van der Waals surface area contributed by atoms with E-state index in [1.54, 1.807) is 6.20 Å². The van der Waals surface area contributed by atoms with Crippen molar-refractivity contribution in [1.29, 1.82) is 0 Å². The van der Waals surface area contributed by atoms with Crippen molar-refractivity contribution in [3.8, 4) is 11.1 Å². The van der Waals surface area contributed by atoms with Gasteiger partial charge in [0, 0.05) is 49.1 Å². The molecule has 6 nitrogen and oxygen atoms in total. The van der Waals surface area contributed by atoms with Crippen LogP contribution in [0.25, 0.3) is 22.2 Å². The maximum absolute atomic E-state index is 13.5. The second-order valence-corrected chi connectivity index (χ2v) is 8.52. The highest BCUT2D eigenvalue weighted by Crippen LogP contribution is 2.36. The molecular formula is C26H23N5O. The number of piperidine rings is 1. The number of anilines is 1. The van der Waals surface area contributed by atoms with Gasteiger partial charge in [-0.2, -0.15) is 0 Å². The van der Waals surface area contributed by atoms with E-state index in [0.717, 1.165) is 53.1 Å². The van der Waals surface area contributed by atoms with Gasteiger partial charge >= 0.3 is 0 Å². The summed E-state index contributed by atoms with van der Waals surface area (Å²) in [6, 6.07) is 19.9. The topological polar surface area (TPSA) is 62.2 Å². The number of pyridine rings is 1. The molecule has 6 rings (SSSR count). The molecule has 0 spiro atoms. The van der Waals surface area contributed by atoms with Crippen molar-refractivity contribution in [1.82, 2.24) is 19.9 Å². The van der Waals surface area contributed by atoms with Gasteiger partial charge in [0.2, 0.25) is 0 Å². The molecule has 0 aliphatic carbocycles. The van der Waals surface area contributed by atoms with Gasteiger partial charge in [-0.1, -0.05) is 36.4 Å². The van der Waals surface area contributed by atoms with Gasteiger partial charge in [-0.05, 0) is 36.2 Å². The van der Waals surface area contributed by atoms with Crippen molar-refractivity contribution in [3.05, 3.63) is 84.8 Å². The van der Waals surface area contributed by atoms with Crippen molar-refractivity contribution >= 4 is 22.8 Å². The fourth-order valence-electron chi connectivity index (χ4n) is 4.94. The number of para-hydroxylation sites is 2. The normalized spacial score (nSPS) is 20.0. The number of hydrogen-bond donors (Lipinski definition) is 0. The lowest BCUT2D eigenvalue weighted by atomic mass is 9.82. The highest BCUT2D eigenvalue weighted by molar-refractivity contribution is 6.01. The Bertz CT molecular complexity index is 1290. The molecule has 2 aromatic carbocycles. The van der Waals surface area contributed by atoms with Crippen molar-refractivity contribution in [2.45, 2.75) is 12.5 Å². The van der Waals surface area contributed by atoms with Crippen LogP contribution in [0.4, 0.5) is 5.82 Å². The van der Waals surface area contributed by atoms with Crippen LogP contribution in [0.15, 0.2) is 79.3 Å². The molecule has 6 heteroatoms. The first-order valence-electron chi connectivity index (χ1n) is 11.0. The Labute approximate surface area is 186 Å². The number of carbonyl (C=O) groups is 1. The van der Waals surface area contributed by atoms with E-state index in [1.165, 1.54) is 0 Å². The lowest BCUT2D eigenvalue weighted by Gasteiger charge is -2.54. The van der Waals surface area contributed by atoms with Gasteiger partial charge in [0.05, 0.1) is 23.3 Å². The Kier molecular flexibility index (Phi) is 4.56. The van der Waals surface area contributed by atoms with E-state index >= 15 is 0 Å². The molecule has 0 N–H and O–H groups in total. The fourth-order valence-corrected chi connectivity index (χ4v) is 4.94. The second-order valence-electron chi connectivity index (χ2n) is 8.52. The first-order valence-corrected chi connectivity index (χ1v) is 11.0. The molecule has 2 aliphatic rings. The van der Waals surface area contributed by atoms with Gasteiger partial charge < -0.3 is 9.80 Å². The Morgan fingerprint density at radius 3 is 2.62 bits per heavy atom. The number of hydrogen-bond acceptors (Lipinski definition) is 5. The maximum atomic E-state index is 13.5. The molecule has 158 valence electrons. The minimum atomic E-state index is 0.0827. The van der Waals surface area contributed by atoms with Crippen molar-refractivity contribution < 1.29 is 4.79 Å². The third-order valence-electron chi connectivity index (χ3n) is 6.70. The largest absolute Gasteiger partial charge is 0.350 e. The molecule has 2 fully saturated rings. The summed E-state index contributed by atoms with van der Waals surface area (Å²) in [5.74, 6) is 1.58. The number of likely N-dealkylation sites (tertiary alicyclic amines) is 1. The summed E-state index contributed by atoms with van der Waals surface area (Å²) in [5.41, 5.74) is 4.43. The van der Waals surface area contributed by atoms with Crippen LogP contribution in [0.2, 0.25) is 0 Å². The summed E-state index contributed by atoms with van der Waals surface area (Å²) < 4.78 is 0. The lowest BCUT2D eigenvalue weighted by molar-refractivity contribution is 0.0592. The number of benzene rings is 2. The third kappa shape index (κ3) is 3.19. The van der Waals surface area contributed by atoms with Crippen LogP contribution in [0.3, 0.4) is 0 Å².